The second-order valence-electron chi connectivity index (χ2n) is 5.07. The zero-order valence-corrected chi connectivity index (χ0v) is 13.4. The third kappa shape index (κ3) is 4.18. The van der Waals surface area contributed by atoms with Crippen LogP contribution in [0.5, 0.6) is 11.5 Å². The molecule has 2 atom stereocenters. The van der Waals surface area contributed by atoms with E-state index in [1.165, 1.54) is 0 Å². The largest absolute Gasteiger partial charge is 0.497 e. The molecular formula is C15H23NO4S. The number of hydrogen-bond donors (Lipinski definition) is 1. The van der Waals surface area contributed by atoms with Crippen LogP contribution in [0.3, 0.4) is 0 Å². The van der Waals surface area contributed by atoms with Crippen LogP contribution >= 0.6 is 0 Å². The topological polar surface area (TPSA) is 70.8 Å². The predicted molar refractivity (Wildman–Crippen MR) is 83.3 cm³/mol. The van der Waals surface area contributed by atoms with Crippen molar-refractivity contribution in [3.63, 3.8) is 0 Å². The van der Waals surface area contributed by atoms with Crippen LogP contribution < -0.4 is 15.2 Å². The molecule has 1 aliphatic heterocycles. The fraction of sp³-hybridized carbons (Fsp3) is 0.600. The van der Waals surface area contributed by atoms with Gasteiger partial charge in [0.05, 0.1) is 14.2 Å². The third-order valence-electron chi connectivity index (χ3n) is 3.72. The first kappa shape index (κ1) is 16.3. The van der Waals surface area contributed by atoms with Crippen molar-refractivity contribution in [3.8, 4) is 11.5 Å². The first-order valence-electron chi connectivity index (χ1n) is 7.08. The number of hydrogen-bond acceptors (Lipinski definition) is 5. The molecule has 21 heavy (non-hydrogen) atoms. The van der Waals surface area contributed by atoms with Gasteiger partial charge in [-0.15, -0.1) is 0 Å². The Balaban J connectivity index is 2.05. The van der Waals surface area contributed by atoms with E-state index in [2.05, 4.69) is 0 Å². The van der Waals surface area contributed by atoms with Gasteiger partial charge in [0.25, 0.3) is 0 Å². The molecule has 2 unspecified atom stereocenters. The van der Waals surface area contributed by atoms with Crippen LogP contribution in [-0.4, -0.2) is 42.6 Å². The first-order valence-corrected chi connectivity index (χ1v) is 8.46. The van der Waals surface area contributed by atoms with Crippen molar-refractivity contribution in [3.05, 3.63) is 23.8 Å². The highest BCUT2D eigenvalue weighted by Gasteiger charge is 2.23. The molecule has 1 aromatic rings. The van der Waals surface area contributed by atoms with Gasteiger partial charge in [-0.1, -0.05) is 6.07 Å². The minimum absolute atomic E-state index is 0.189. The Morgan fingerprint density at radius 2 is 2.05 bits per heavy atom. The molecule has 118 valence electrons. The lowest BCUT2D eigenvalue weighted by Crippen LogP contribution is -2.30. The van der Waals surface area contributed by atoms with Crippen molar-refractivity contribution >= 4 is 10.8 Å². The van der Waals surface area contributed by atoms with Gasteiger partial charge in [0.15, 0.2) is 0 Å². The van der Waals surface area contributed by atoms with E-state index in [1.54, 1.807) is 20.3 Å². The summed E-state index contributed by atoms with van der Waals surface area (Å²) in [5.41, 5.74) is 7.09. The van der Waals surface area contributed by atoms with Crippen molar-refractivity contribution in [2.75, 3.05) is 33.2 Å². The molecule has 0 aromatic heterocycles. The molecule has 1 fully saturated rings. The molecular weight excluding hydrogens is 290 g/mol. The van der Waals surface area contributed by atoms with E-state index in [9.17, 15) is 4.21 Å². The second kappa shape index (κ2) is 7.77. The maximum absolute atomic E-state index is 12.4. The van der Waals surface area contributed by atoms with Crippen LogP contribution in [0.15, 0.2) is 18.2 Å². The van der Waals surface area contributed by atoms with Gasteiger partial charge in [0.1, 0.15) is 11.5 Å². The van der Waals surface area contributed by atoms with Crippen LogP contribution in [0.4, 0.5) is 0 Å². The van der Waals surface area contributed by atoms with Crippen molar-refractivity contribution in [1.29, 1.82) is 0 Å². The lowest BCUT2D eigenvalue weighted by molar-refractivity contribution is 0.0992. The van der Waals surface area contributed by atoms with Gasteiger partial charge in [-0.3, -0.25) is 4.21 Å². The van der Waals surface area contributed by atoms with E-state index in [0.29, 0.717) is 30.5 Å². The molecule has 0 radical (unpaired) electrons. The normalized spacial score (nSPS) is 19.0. The molecule has 6 heteroatoms. The summed E-state index contributed by atoms with van der Waals surface area (Å²) in [6.45, 7) is 1.38. The van der Waals surface area contributed by atoms with Gasteiger partial charge in [0.2, 0.25) is 0 Å². The molecule has 1 aliphatic rings. The minimum Gasteiger partial charge on any atom is -0.497 e. The fourth-order valence-electron chi connectivity index (χ4n) is 2.47. The van der Waals surface area contributed by atoms with Gasteiger partial charge in [0, 0.05) is 52.7 Å². The lowest BCUT2D eigenvalue weighted by atomic mass is 10.1. The molecule has 0 amide bonds. The van der Waals surface area contributed by atoms with Crippen LogP contribution in [0.1, 0.15) is 24.4 Å². The summed E-state index contributed by atoms with van der Waals surface area (Å²) in [5.74, 6) is 1.83. The van der Waals surface area contributed by atoms with Crippen LogP contribution in [0, 0.1) is 0 Å². The van der Waals surface area contributed by atoms with Crippen molar-refractivity contribution < 1.29 is 18.4 Å². The van der Waals surface area contributed by atoms with Crippen molar-refractivity contribution in [1.82, 2.24) is 0 Å². The molecule has 2 rings (SSSR count). The number of rotatable bonds is 6. The lowest BCUT2D eigenvalue weighted by Gasteiger charge is -2.23. The Morgan fingerprint density at radius 3 is 2.67 bits per heavy atom. The Morgan fingerprint density at radius 1 is 1.33 bits per heavy atom. The van der Waals surface area contributed by atoms with Crippen molar-refractivity contribution in [2.24, 2.45) is 5.73 Å². The van der Waals surface area contributed by atoms with E-state index < -0.39 is 10.8 Å². The monoisotopic (exact) mass is 313 g/mol. The number of nitrogens with two attached hydrogens (primary N) is 1. The Hall–Kier alpha value is -1.11. The van der Waals surface area contributed by atoms with Crippen LogP contribution in [0.25, 0.3) is 0 Å². The maximum atomic E-state index is 12.4. The first-order chi connectivity index (χ1) is 10.2. The third-order valence-corrected chi connectivity index (χ3v) is 5.63. The SMILES string of the molecule is COc1ccc(C(N)CS(=O)C2CCOCC2)c(OC)c1. The number of benzene rings is 1. The summed E-state index contributed by atoms with van der Waals surface area (Å²) in [5, 5.41) is 0.189. The Bertz CT molecular complexity index is 489. The summed E-state index contributed by atoms with van der Waals surface area (Å²) >= 11 is 0. The molecule has 0 saturated carbocycles. The van der Waals surface area contributed by atoms with Gasteiger partial charge >= 0.3 is 0 Å². The number of ether oxygens (including phenoxy) is 3. The average molecular weight is 313 g/mol. The summed E-state index contributed by atoms with van der Waals surface area (Å²) in [7, 11) is 2.26. The molecule has 1 aromatic carbocycles. The van der Waals surface area contributed by atoms with E-state index in [1.807, 2.05) is 12.1 Å². The summed E-state index contributed by atoms with van der Waals surface area (Å²) in [4.78, 5) is 0. The van der Waals surface area contributed by atoms with Gasteiger partial charge in [-0.2, -0.15) is 0 Å². The zero-order valence-electron chi connectivity index (χ0n) is 12.5. The van der Waals surface area contributed by atoms with E-state index >= 15 is 0 Å². The molecule has 1 saturated heterocycles. The summed E-state index contributed by atoms with van der Waals surface area (Å²) in [6.07, 6.45) is 1.69. The second-order valence-corrected chi connectivity index (χ2v) is 6.84. The zero-order chi connectivity index (χ0) is 15.2. The minimum atomic E-state index is -0.946. The Kier molecular flexibility index (Phi) is 6.02. The predicted octanol–water partition coefficient (Wildman–Crippen LogP) is 1.63. The van der Waals surface area contributed by atoms with Gasteiger partial charge in [-0.25, -0.2) is 0 Å². The Labute approximate surface area is 128 Å². The highest BCUT2D eigenvalue weighted by atomic mass is 32.2. The van der Waals surface area contributed by atoms with Gasteiger partial charge < -0.3 is 19.9 Å². The van der Waals surface area contributed by atoms with E-state index in [0.717, 1.165) is 18.4 Å². The van der Waals surface area contributed by atoms with Crippen molar-refractivity contribution in [2.45, 2.75) is 24.1 Å². The highest BCUT2D eigenvalue weighted by Crippen LogP contribution is 2.29. The fourth-order valence-corrected chi connectivity index (χ4v) is 3.99. The highest BCUT2D eigenvalue weighted by molar-refractivity contribution is 7.85. The maximum Gasteiger partial charge on any atom is 0.127 e. The van der Waals surface area contributed by atoms with Crippen LogP contribution in [-0.2, 0) is 15.5 Å². The summed E-state index contributed by atoms with van der Waals surface area (Å²) in [6, 6.07) is 5.21. The molecule has 5 nitrogen and oxygen atoms in total. The molecule has 2 N–H and O–H groups in total. The average Bonchev–Trinajstić information content (AvgIpc) is 2.54. The number of methoxy groups -OCH3 is 2. The van der Waals surface area contributed by atoms with Crippen LogP contribution in [0.2, 0.25) is 0 Å². The smallest absolute Gasteiger partial charge is 0.127 e. The molecule has 0 spiro atoms. The summed E-state index contributed by atoms with van der Waals surface area (Å²) < 4.78 is 28.2. The van der Waals surface area contributed by atoms with Gasteiger partial charge in [-0.05, 0) is 18.9 Å². The van der Waals surface area contributed by atoms with E-state index in [4.69, 9.17) is 19.9 Å². The molecule has 0 aliphatic carbocycles. The standard InChI is InChI=1S/C15H23NO4S/c1-18-11-3-4-13(15(9-11)19-2)14(16)10-21(17)12-5-7-20-8-6-12/h3-4,9,12,14H,5-8,10,16H2,1-2H3. The quantitative estimate of drug-likeness (QED) is 0.864. The molecule has 0 bridgehead atoms. The molecule has 1 heterocycles. The van der Waals surface area contributed by atoms with E-state index in [-0.39, 0.29) is 11.3 Å².